The molecule has 0 aliphatic rings. The number of hydrogen-bond acceptors (Lipinski definition) is 4. The maximum atomic E-state index is 12.6. The van der Waals surface area contributed by atoms with Crippen molar-refractivity contribution in [1.29, 1.82) is 0 Å². The van der Waals surface area contributed by atoms with E-state index in [-0.39, 0.29) is 5.91 Å². The molecule has 6 nitrogen and oxygen atoms in total. The zero-order valence-electron chi connectivity index (χ0n) is 13.3. The SMILES string of the molecule is CCN(CC)CCN(C)C(=O)C(C)(C)n1cnc(N)c1. The van der Waals surface area contributed by atoms with E-state index in [4.69, 9.17) is 5.73 Å². The molecule has 0 saturated heterocycles. The minimum absolute atomic E-state index is 0.0575. The van der Waals surface area contributed by atoms with Gasteiger partial charge in [-0.15, -0.1) is 0 Å². The van der Waals surface area contributed by atoms with Gasteiger partial charge in [0.05, 0.1) is 6.33 Å². The highest BCUT2D eigenvalue weighted by Gasteiger charge is 2.32. The number of nitrogens with zero attached hydrogens (tertiary/aromatic N) is 4. The molecule has 0 saturated carbocycles. The van der Waals surface area contributed by atoms with Gasteiger partial charge in [0.15, 0.2) is 0 Å². The number of imidazole rings is 1. The zero-order chi connectivity index (χ0) is 15.3. The van der Waals surface area contributed by atoms with E-state index in [2.05, 4.69) is 23.7 Å². The highest BCUT2D eigenvalue weighted by molar-refractivity contribution is 5.83. The standard InChI is InChI=1S/C14H27N5O/c1-6-18(7-2)9-8-17(5)13(20)14(3,4)19-10-12(15)16-11-19/h10-11H,6-9,15H2,1-5H3. The van der Waals surface area contributed by atoms with E-state index in [0.29, 0.717) is 12.4 Å². The average molecular weight is 281 g/mol. The van der Waals surface area contributed by atoms with Gasteiger partial charge in [-0.3, -0.25) is 4.79 Å². The lowest BCUT2D eigenvalue weighted by molar-refractivity contribution is -0.138. The fraction of sp³-hybridized carbons (Fsp3) is 0.714. The third kappa shape index (κ3) is 3.72. The Morgan fingerprint density at radius 1 is 1.35 bits per heavy atom. The topological polar surface area (TPSA) is 67.4 Å². The van der Waals surface area contributed by atoms with Crippen molar-refractivity contribution in [2.24, 2.45) is 0 Å². The molecule has 0 bridgehead atoms. The van der Waals surface area contributed by atoms with E-state index in [9.17, 15) is 4.79 Å². The number of amides is 1. The summed E-state index contributed by atoms with van der Waals surface area (Å²) in [6, 6.07) is 0. The molecule has 0 atom stereocenters. The number of nitrogen functional groups attached to an aromatic ring is 1. The van der Waals surface area contributed by atoms with Crippen LogP contribution in [0.5, 0.6) is 0 Å². The van der Waals surface area contributed by atoms with Gasteiger partial charge in [0.2, 0.25) is 5.91 Å². The van der Waals surface area contributed by atoms with Crippen LogP contribution in [0.3, 0.4) is 0 Å². The smallest absolute Gasteiger partial charge is 0.248 e. The molecule has 1 rings (SSSR count). The average Bonchev–Trinajstić information content (AvgIpc) is 2.86. The van der Waals surface area contributed by atoms with E-state index >= 15 is 0 Å². The predicted octanol–water partition coefficient (Wildman–Crippen LogP) is 1.00. The summed E-state index contributed by atoms with van der Waals surface area (Å²) in [5, 5.41) is 0. The molecule has 6 heteroatoms. The second-order valence-electron chi connectivity index (χ2n) is 5.52. The van der Waals surface area contributed by atoms with E-state index in [1.54, 1.807) is 22.0 Å². The van der Waals surface area contributed by atoms with Crippen LogP contribution in [0.25, 0.3) is 0 Å². The van der Waals surface area contributed by atoms with Crippen molar-refractivity contribution in [3.8, 4) is 0 Å². The van der Waals surface area contributed by atoms with Crippen LogP contribution in [0, 0.1) is 0 Å². The molecule has 1 aromatic rings. The molecule has 1 amide bonds. The third-order valence-corrected chi connectivity index (χ3v) is 3.76. The number of carbonyl (C=O) groups excluding carboxylic acids is 1. The molecule has 2 N–H and O–H groups in total. The second kappa shape index (κ2) is 6.74. The van der Waals surface area contributed by atoms with Crippen LogP contribution < -0.4 is 5.73 Å². The molecule has 0 radical (unpaired) electrons. The van der Waals surface area contributed by atoms with Gasteiger partial charge in [-0.05, 0) is 26.9 Å². The lowest BCUT2D eigenvalue weighted by Gasteiger charge is -2.31. The van der Waals surface area contributed by atoms with Gasteiger partial charge in [0.25, 0.3) is 0 Å². The number of nitrogens with two attached hydrogens (primary N) is 1. The predicted molar refractivity (Wildman–Crippen MR) is 81.4 cm³/mol. The molecule has 1 aromatic heterocycles. The first-order chi connectivity index (χ1) is 9.32. The Morgan fingerprint density at radius 2 is 1.95 bits per heavy atom. The fourth-order valence-corrected chi connectivity index (χ4v) is 2.15. The summed E-state index contributed by atoms with van der Waals surface area (Å²) in [6.07, 6.45) is 3.29. The fourth-order valence-electron chi connectivity index (χ4n) is 2.15. The van der Waals surface area contributed by atoms with E-state index < -0.39 is 5.54 Å². The molecule has 0 aliphatic heterocycles. The van der Waals surface area contributed by atoms with Crippen LogP contribution >= 0.6 is 0 Å². The lowest BCUT2D eigenvalue weighted by atomic mass is 10.0. The summed E-state index contributed by atoms with van der Waals surface area (Å²) in [5.41, 5.74) is 4.94. The first-order valence-corrected chi connectivity index (χ1v) is 7.10. The number of carbonyl (C=O) groups is 1. The van der Waals surface area contributed by atoms with Crippen LogP contribution in [0.4, 0.5) is 5.82 Å². The Hall–Kier alpha value is -1.56. The highest BCUT2D eigenvalue weighted by Crippen LogP contribution is 2.19. The molecular weight excluding hydrogens is 254 g/mol. The largest absolute Gasteiger partial charge is 0.382 e. The van der Waals surface area contributed by atoms with Gasteiger partial charge in [-0.2, -0.15) is 0 Å². The molecule has 0 unspecified atom stereocenters. The molecule has 0 spiro atoms. The van der Waals surface area contributed by atoms with Crippen LogP contribution in [-0.4, -0.2) is 58.5 Å². The quantitative estimate of drug-likeness (QED) is 0.809. The summed E-state index contributed by atoms with van der Waals surface area (Å²) in [5.74, 6) is 0.485. The number of likely N-dealkylation sites (N-methyl/N-ethyl adjacent to an activating group) is 2. The van der Waals surface area contributed by atoms with Crippen molar-refractivity contribution >= 4 is 11.7 Å². The molecule has 0 aliphatic carbocycles. The third-order valence-electron chi connectivity index (χ3n) is 3.76. The summed E-state index contributed by atoms with van der Waals surface area (Å²) >= 11 is 0. The number of hydrogen-bond donors (Lipinski definition) is 1. The van der Waals surface area contributed by atoms with Crippen LogP contribution in [-0.2, 0) is 10.3 Å². The number of anilines is 1. The van der Waals surface area contributed by atoms with Gasteiger partial charge < -0.3 is 20.1 Å². The maximum absolute atomic E-state index is 12.6. The summed E-state index contributed by atoms with van der Waals surface area (Å²) in [7, 11) is 1.84. The van der Waals surface area contributed by atoms with Crippen molar-refractivity contribution < 1.29 is 4.79 Å². The number of aromatic nitrogens is 2. The van der Waals surface area contributed by atoms with Gasteiger partial charge in [0, 0.05) is 26.3 Å². The van der Waals surface area contributed by atoms with Crippen LogP contribution in [0.15, 0.2) is 12.5 Å². The van der Waals surface area contributed by atoms with Gasteiger partial charge in [0.1, 0.15) is 11.4 Å². The van der Waals surface area contributed by atoms with Crippen molar-refractivity contribution in [2.75, 3.05) is 39.0 Å². The van der Waals surface area contributed by atoms with Gasteiger partial charge in [-0.25, -0.2) is 4.98 Å². The lowest BCUT2D eigenvalue weighted by Crippen LogP contribution is -2.47. The summed E-state index contributed by atoms with van der Waals surface area (Å²) in [4.78, 5) is 20.6. The minimum atomic E-state index is -0.678. The minimum Gasteiger partial charge on any atom is -0.382 e. The van der Waals surface area contributed by atoms with E-state index in [0.717, 1.165) is 19.6 Å². The zero-order valence-corrected chi connectivity index (χ0v) is 13.3. The molecule has 0 fully saturated rings. The van der Waals surface area contributed by atoms with E-state index in [1.807, 2.05) is 20.9 Å². The monoisotopic (exact) mass is 281 g/mol. The highest BCUT2D eigenvalue weighted by atomic mass is 16.2. The Balaban J connectivity index is 2.68. The maximum Gasteiger partial charge on any atom is 0.248 e. The van der Waals surface area contributed by atoms with Crippen molar-refractivity contribution in [3.63, 3.8) is 0 Å². The Labute approximate surface area is 121 Å². The van der Waals surface area contributed by atoms with Crippen LogP contribution in [0.2, 0.25) is 0 Å². The summed E-state index contributed by atoms with van der Waals surface area (Å²) < 4.78 is 1.76. The molecule has 20 heavy (non-hydrogen) atoms. The van der Waals surface area contributed by atoms with Crippen molar-refractivity contribution in [3.05, 3.63) is 12.5 Å². The van der Waals surface area contributed by atoms with Gasteiger partial charge in [-0.1, -0.05) is 13.8 Å². The first-order valence-electron chi connectivity index (χ1n) is 7.10. The number of rotatable bonds is 7. The molecule has 0 aromatic carbocycles. The van der Waals surface area contributed by atoms with E-state index in [1.165, 1.54) is 0 Å². The normalized spacial score (nSPS) is 11.9. The van der Waals surface area contributed by atoms with Crippen molar-refractivity contribution in [1.82, 2.24) is 19.4 Å². The summed E-state index contributed by atoms with van der Waals surface area (Å²) in [6.45, 7) is 11.6. The van der Waals surface area contributed by atoms with Gasteiger partial charge >= 0.3 is 0 Å². The Bertz CT molecular complexity index is 437. The molecule has 1 heterocycles. The van der Waals surface area contributed by atoms with Crippen molar-refractivity contribution in [2.45, 2.75) is 33.2 Å². The first kappa shape index (κ1) is 16.5. The Morgan fingerprint density at radius 3 is 2.40 bits per heavy atom. The molecule has 114 valence electrons. The molecular formula is C14H27N5O. The van der Waals surface area contributed by atoms with Crippen LogP contribution in [0.1, 0.15) is 27.7 Å². The Kier molecular flexibility index (Phi) is 5.56. The second-order valence-corrected chi connectivity index (χ2v) is 5.52.